The Balaban J connectivity index is 1.88. The maximum atomic E-state index is 13.3. The number of rotatable bonds is 5. The standard InChI is InChI=1S/C19H16F2N4O2/c1-11(2)16-6-14(27-15-5-13(21)8-22-10-15)7-17(24-16)19(26)25-18-4-3-12(20)9-23-18/h3-11H,1-2H3,(H,23,25,26). The summed E-state index contributed by atoms with van der Waals surface area (Å²) >= 11 is 0. The molecule has 0 bridgehead atoms. The van der Waals surface area contributed by atoms with Gasteiger partial charge in [-0.05, 0) is 18.1 Å². The highest BCUT2D eigenvalue weighted by Gasteiger charge is 2.15. The summed E-state index contributed by atoms with van der Waals surface area (Å²) < 4.78 is 31.9. The van der Waals surface area contributed by atoms with Crippen molar-refractivity contribution in [1.29, 1.82) is 0 Å². The number of nitrogens with zero attached hydrogens (tertiary/aromatic N) is 3. The Morgan fingerprint density at radius 1 is 1.04 bits per heavy atom. The smallest absolute Gasteiger partial charge is 0.275 e. The third-order valence-corrected chi connectivity index (χ3v) is 3.53. The molecule has 0 unspecified atom stereocenters. The third kappa shape index (κ3) is 4.81. The first kappa shape index (κ1) is 18.4. The van der Waals surface area contributed by atoms with E-state index >= 15 is 0 Å². The van der Waals surface area contributed by atoms with Gasteiger partial charge in [0.25, 0.3) is 5.91 Å². The Labute approximate surface area is 154 Å². The lowest BCUT2D eigenvalue weighted by molar-refractivity contribution is 0.102. The second-order valence-corrected chi connectivity index (χ2v) is 6.02. The van der Waals surface area contributed by atoms with Crippen LogP contribution in [0.25, 0.3) is 0 Å². The van der Waals surface area contributed by atoms with Crippen molar-refractivity contribution in [2.75, 3.05) is 5.32 Å². The minimum absolute atomic E-state index is 0.0229. The van der Waals surface area contributed by atoms with Crippen LogP contribution in [0.5, 0.6) is 11.5 Å². The van der Waals surface area contributed by atoms with Crippen LogP contribution >= 0.6 is 0 Å². The average molecular weight is 370 g/mol. The molecule has 0 fully saturated rings. The van der Waals surface area contributed by atoms with Gasteiger partial charge < -0.3 is 10.1 Å². The Bertz CT molecular complexity index is 962. The van der Waals surface area contributed by atoms with Gasteiger partial charge in [0.2, 0.25) is 0 Å². The maximum absolute atomic E-state index is 13.3. The maximum Gasteiger partial charge on any atom is 0.275 e. The van der Waals surface area contributed by atoms with Gasteiger partial charge in [0.05, 0.1) is 18.6 Å². The Morgan fingerprint density at radius 3 is 2.52 bits per heavy atom. The van der Waals surface area contributed by atoms with Crippen LogP contribution in [0.15, 0.2) is 48.9 Å². The van der Waals surface area contributed by atoms with Gasteiger partial charge in [0.1, 0.15) is 34.6 Å². The molecule has 138 valence electrons. The van der Waals surface area contributed by atoms with Crippen molar-refractivity contribution in [1.82, 2.24) is 15.0 Å². The van der Waals surface area contributed by atoms with Crippen LogP contribution in [0.2, 0.25) is 0 Å². The molecule has 1 N–H and O–H groups in total. The van der Waals surface area contributed by atoms with Gasteiger partial charge in [0.15, 0.2) is 0 Å². The number of pyridine rings is 3. The number of hydrogen-bond acceptors (Lipinski definition) is 5. The summed E-state index contributed by atoms with van der Waals surface area (Å²) in [6.45, 7) is 3.83. The van der Waals surface area contributed by atoms with Crippen molar-refractivity contribution in [3.63, 3.8) is 0 Å². The summed E-state index contributed by atoms with van der Waals surface area (Å²) in [7, 11) is 0. The summed E-state index contributed by atoms with van der Waals surface area (Å²) in [5.74, 6) is -0.845. The van der Waals surface area contributed by atoms with E-state index in [0.29, 0.717) is 11.4 Å². The van der Waals surface area contributed by atoms with Gasteiger partial charge in [-0.1, -0.05) is 13.8 Å². The van der Waals surface area contributed by atoms with E-state index in [0.717, 1.165) is 12.4 Å². The van der Waals surface area contributed by atoms with E-state index in [4.69, 9.17) is 4.74 Å². The SMILES string of the molecule is CC(C)c1cc(Oc2cncc(F)c2)cc(C(=O)Nc2ccc(F)cn2)n1. The molecule has 1 amide bonds. The predicted octanol–water partition coefficient (Wildman–Crippen LogP) is 4.32. The Kier molecular flexibility index (Phi) is 5.35. The fourth-order valence-corrected chi connectivity index (χ4v) is 2.21. The molecule has 0 aliphatic rings. The van der Waals surface area contributed by atoms with Gasteiger partial charge >= 0.3 is 0 Å². The molecule has 0 atom stereocenters. The minimum Gasteiger partial charge on any atom is -0.455 e. The van der Waals surface area contributed by atoms with Crippen molar-refractivity contribution in [2.24, 2.45) is 0 Å². The number of amides is 1. The molecule has 0 saturated heterocycles. The van der Waals surface area contributed by atoms with Crippen LogP contribution in [-0.4, -0.2) is 20.9 Å². The number of hydrogen-bond donors (Lipinski definition) is 1. The molecule has 0 aliphatic carbocycles. The fourth-order valence-electron chi connectivity index (χ4n) is 2.21. The second kappa shape index (κ2) is 7.86. The zero-order chi connectivity index (χ0) is 19.4. The van der Waals surface area contributed by atoms with E-state index in [1.807, 2.05) is 13.8 Å². The number of anilines is 1. The van der Waals surface area contributed by atoms with Crippen LogP contribution in [0.3, 0.4) is 0 Å². The van der Waals surface area contributed by atoms with E-state index in [1.165, 1.54) is 30.5 Å². The van der Waals surface area contributed by atoms with Crippen molar-refractivity contribution in [2.45, 2.75) is 19.8 Å². The molecular formula is C19H16F2N4O2. The highest BCUT2D eigenvalue weighted by atomic mass is 19.1. The van der Waals surface area contributed by atoms with E-state index < -0.39 is 17.5 Å². The van der Waals surface area contributed by atoms with E-state index in [9.17, 15) is 13.6 Å². The van der Waals surface area contributed by atoms with Crippen LogP contribution in [0, 0.1) is 11.6 Å². The summed E-state index contributed by atoms with van der Waals surface area (Å²) in [6, 6.07) is 6.81. The van der Waals surface area contributed by atoms with E-state index in [1.54, 1.807) is 6.07 Å². The third-order valence-electron chi connectivity index (χ3n) is 3.53. The quantitative estimate of drug-likeness (QED) is 0.724. The van der Waals surface area contributed by atoms with Crippen molar-refractivity contribution < 1.29 is 18.3 Å². The molecule has 3 rings (SSSR count). The highest BCUT2D eigenvalue weighted by Crippen LogP contribution is 2.25. The van der Waals surface area contributed by atoms with Crippen molar-refractivity contribution >= 4 is 11.7 Å². The van der Waals surface area contributed by atoms with Gasteiger partial charge in [-0.2, -0.15) is 0 Å². The van der Waals surface area contributed by atoms with Crippen LogP contribution in [0.1, 0.15) is 35.9 Å². The second-order valence-electron chi connectivity index (χ2n) is 6.02. The Hall–Kier alpha value is -3.42. The first-order valence-corrected chi connectivity index (χ1v) is 8.14. The molecule has 6 nitrogen and oxygen atoms in total. The molecule has 0 radical (unpaired) electrons. The monoisotopic (exact) mass is 370 g/mol. The topological polar surface area (TPSA) is 77.0 Å². The molecule has 3 aromatic heterocycles. The Morgan fingerprint density at radius 2 is 1.85 bits per heavy atom. The molecule has 0 spiro atoms. The molecule has 3 aromatic rings. The largest absolute Gasteiger partial charge is 0.455 e. The number of halogens is 2. The zero-order valence-corrected chi connectivity index (χ0v) is 14.6. The molecule has 8 heteroatoms. The molecular weight excluding hydrogens is 354 g/mol. The van der Waals surface area contributed by atoms with Crippen molar-refractivity contribution in [3.05, 3.63) is 71.9 Å². The minimum atomic E-state index is -0.536. The molecule has 0 aliphatic heterocycles. The van der Waals surface area contributed by atoms with Gasteiger partial charge in [-0.3, -0.25) is 9.78 Å². The first-order valence-electron chi connectivity index (χ1n) is 8.14. The number of carbonyl (C=O) groups excluding carboxylic acids is 1. The molecule has 27 heavy (non-hydrogen) atoms. The van der Waals surface area contributed by atoms with E-state index in [2.05, 4.69) is 20.3 Å². The lowest BCUT2D eigenvalue weighted by atomic mass is 10.1. The lowest BCUT2D eigenvalue weighted by Crippen LogP contribution is -2.16. The molecule has 0 aromatic carbocycles. The highest BCUT2D eigenvalue weighted by molar-refractivity contribution is 6.02. The summed E-state index contributed by atoms with van der Waals surface area (Å²) in [6.07, 6.45) is 3.42. The van der Waals surface area contributed by atoms with Crippen LogP contribution < -0.4 is 10.1 Å². The number of aromatic nitrogens is 3. The molecule has 3 heterocycles. The predicted molar refractivity (Wildman–Crippen MR) is 94.7 cm³/mol. The molecule has 0 saturated carbocycles. The summed E-state index contributed by atoms with van der Waals surface area (Å²) in [5, 5.41) is 2.54. The fraction of sp³-hybridized carbons (Fsp3) is 0.158. The van der Waals surface area contributed by atoms with Crippen molar-refractivity contribution in [3.8, 4) is 11.5 Å². The normalized spacial score (nSPS) is 10.7. The average Bonchev–Trinajstić information content (AvgIpc) is 2.63. The van der Waals surface area contributed by atoms with Gasteiger partial charge in [0, 0.05) is 23.9 Å². The summed E-state index contributed by atoms with van der Waals surface area (Å²) in [4.78, 5) is 24.3. The van der Waals surface area contributed by atoms with Gasteiger partial charge in [-0.15, -0.1) is 0 Å². The lowest BCUT2D eigenvalue weighted by Gasteiger charge is -2.12. The number of nitrogens with one attached hydrogen (secondary N) is 1. The van der Waals surface area contributed by atoms with Gasteiger partial charge in [-0.25, -0.2) is 18.7 Å². The number of ether oxygens (including phenoxy) is 1. The van der Waals surface area contributed by atoms with Crippen LogP contribution in [-0.2, 0) is 0 Å². The summed E-state index contributed by atoms with van der Waals surface area (Å²) in [5.41, 5.74) is 0.709. The first-order chi connectivity index (χ1) is 12.9. The zero-order valence-electron chi connectivity index (χ0n) is 14.6. The number of carbonyl (C=O) groups is 1. The van der Waals surface area contributed by atoms with Crippen LogP contribution in [0.4, 0.5) is 14.6 Å². The van der Waals surface area contributed by atoms with E-state index in [-0.39, 0.29) is 23.2 Å².